The van der Waals surface area contributed by atoms with Crippen molar-refractivity contribution in [3.05, 3.63) is 29.8 Å². The Balaban J connectivity index is 2.73. The standard InChI is InChI=1S/C9H11O.3C4H9.Sn/c1-3-8-4-6-9(10-2)7-5-8;3*1-3-4-2;/h4-7H,1,3H2,2H3;3*1,3-4H2,2H3;. The van der Waals surface area contributed by atoms with Crippen LogP contribution in [0.15, 0.2) is 24.3 Å². The van der Waals surface area contributed by atoms with E-state index < -0.39 is 18.4 Å². The van der Waals surface area contributed by atoms with E-state index in [0.29, 0.717) is 0 Å². The molecule has 0 aliphatic heterocycles. The van der Waals surface area contributed by atoms with Crippen LogP contribution < -0.4 is 4.74 Å². The molecule has 1 aromatic rings. The van der Waals surface area contributed by atoms with E-state index in [1.165, 1.54) is 50.5 Å². The quantitative estimate of drug-likeness (QED) is 0.307. The zero-order valence-corrected chi connectivity index (χ0v) is 18.8. The first-order chi connectivity index (χ1) is 11.2. The van der Waals surface area contributed by atoms with Crippen molar-refractivity contribution < 1.29 is 4.74 Å². The molecule has 0 N–H and O–H groups in total. The Labute approximate surface area is 149 Å². The third-order valence-corrected chi connectivity index (χ3v) is 21.1. The molecule has 1 aromatic carbocycles. The maximum absolute atomic E-state index is 5.29. The fraction of sp³-hybridized carbons (Fsp3) is 0.714. The van der Waals surface area contributed by atoms with Gasteiger partial charge in [-0.05, 0) is 0 Å². The van der Waals surface area contributed by atoms with Gasteiger partial charge in [0.25, 0.3) is 0 Å². The van der Waals surface area contributed by atoms with E-state index in [-0.39, 0.29) is 0 Å². The molecule has 0 aliphatic carbocycles. The van der Waals surface area contributed by atoms with Crippen LogP contribution in [0.4, 0.5) is 0 Å². The minimum absolute atomic E-state index is 0.978. The molecule has 0 amide bonds. The Morgan fingerprint density at radius 2 is 1.22 bits per heavy atom. The molecule has 0 aliphatic rings. The second kappa shape index (κ2) is 12.2. The van der Waals surface area contributed by atoms with Crippen LogP contribution in [0, 0.1) is 0 Å². The molecule has 132 valence electrons. The summed E-state index contributed by atoms with van der Waals surface area (Å²) in [7, 11) is 1.75. The molecule has 0 aromatic heterocycles. The number of methoxy groups -OCH3 is 1. The molecule has 2 heteroatoms. The molecule has 0 heterocycles. The van der Waals surface area contributed by atoms with Gasteiger partial charge in [0.1, 0.15) is 0 Å². The second-order valence-electron chi connectivity index (χ2n) is 7.16. The van der Waals surface area contributed by atoms with Gasteiger partial charge in [0.15, 0.2) is 0 Å². The van der Waals surface area contributed by atoms with Crippen LogP contribution in [0.5, 0.6) is 5.75 Å². The van der Waals surface area contributed by atoms with E-state index in [4.69, 9.17) is 4.74 Å². The van der Waals surface area contributed by atoms with Gasteiger partial charge < -0.3 is 0 Å². The van der Waals surface area contributed by atoms with Crippen molar-refractivity contribution in [3.8, 4) is 5.75 Å². The van der Waals surface area contributed by atoms with Gasteiger partial charge in [-0.2, -0.15) is 0 Å². The third-order valence-electron chi connectivity index (χ3n) is 5.29. The molecular weight excluding hydrogens is 387 g/mol. The van der Waals surface area contributed by atoms with Crippen LogP contribution in [0.2, 0.25) is 17.7 Å². The topological polar surface area (TPSA) is 9.23 Å². The van der Waals surface area contributed by atoms with E-state index in [9.17, 15) is 0 Å². The summed E-state index contributed by atoms with van der Waals surface area (Å²) in [5.74, 6) is 0.978. The van der Waals surface area contributed by atoms with E-state index in [0.717, 1.165) is 5.75 Å². The minimum atomic E-state index is -1.95. The molecule has 1 rings (SSSR count). The van der Waals surface area contributed by atoms with Crippen molar-refractivity contribution in [3.63, 3.8) is 0 Å². The first-order valence-electron chi connectivity index (χ1n) is 9.82. The Kier molecular flexibility index (Phi) is 11.1. The molecule has 0 saturated heterocycles. The zero-order chi connectivity index (χ0) is 17.0. The van der Waals surface area contributed by atoms with E-state index in [1.54, 1.807) is 24.9 Å². The van der Waals surface area contributed by atoms with Gasteiger partial charge in [0.05, 0.1) is 0 Å². The number of hydrogen-bond acceptors (Lipinski definition) is 1. The number of benzene rings is 1. The summed E-state index contributed by atoms with van der Waals surface area (Å²) in [5, 5.41) is 0. The van der Waals surface area contributed by atoms with Crippen LogP contribution in [0.25, 0.3) is 0 Å². The van der Waals surface area contributed by atoms with Crippen molar-refractivity contribution in [1.29, 1.82) is 0 Å². The Morgan fingerprint density at radius 1 is 0.739 bits per heavy atom. The summed E-state index contributed by atoms with van der Waals surface area (Å²) in [5.41, 5.74) is 1.51. The summed E-state index contributed by atoms with van der Waals surface area (Å²) < 4.78 is 11.7. The molecule has 0 unspecified atom stereocenters. The zero-order valence-electron chi connectivity index (χ0n) is 16.0. The third kappa shape index (κ3) is 7.96. The SMILES string of the molecule is CCC[CH2][Sn]([CH2]CCC)([CH2]CCC)[CH2]Cc1ccc(OC)cc1. The first-order valence-corrected chi connectivity index (χ1v) is 17.9. The number of aryl methyl sites for hydroxylation is 1. The van der Waals surface area contributed by atoms with Gasteiger partial charge >= 0.3 is 149 Å². The van der Waals surface area contributed by atoms with Crippen LogP contribution >= 0.6 is 0 Å². The normalized spacial score (nSPS) is 11.7. The number of unbranched alkanes of at least 4 members (excludes halogenated alkanes) is 3. The molecule has 0 atom stereocenters. The van der Waals surface area contributed by atoms with Crippen molar-refractivity contribution in [2.75, 3.05) is 7.11 Å². The summed E-state index contributed by atoms with van der Waals surface area (Å²) >= 11 is -1.95. The average Bonchev–Trinajstić information content (AvgIpc) is 2.61. The fourth-order valence-corrected chi connectivity index (χ4v) is 19.7. The molecule has 0 bridgehead atoms. The van der Waals surface area contributed by atoms with Gasteiger partial charge in [-0.25, -0.2) is 0 Å². The van der Waals surface area contributed by atoms with Gasteiger partial charge in [0, 0.05) is 0 Å². The Bertz CT molecular complexity index is 377. The molecule has 23 heavy (non-hydrogen) atoms. The van der Waals surface area contributed by atoms with Crippen LogP contribution in [-0.2, 0) is 6.42 Å². The van der Waals surface area contributed by atoms with E-state index >= 15 is 0 Å². The summed E-state index contributed by atoms with van der Waals surface area (Å²) in [6.45, 7) is 7.08. The first kappa shape index (κ1) is 20.9. The number of hydrogen-bond donors (Lipinski definition) is 0. The molecule has 0 radical (unpaired) electrons. The maximum atomic E-state index is 5.29. The Morgan fingerprint density at radius 3 is 1.61 bits per heavy atom. The van der Waals surface area contributed by atoms with E-state index in [1.807, 2.05) is 0 Å². The van der Waals surface area contributed by atoms with Crippen molar-refractivity contribution in [1.82, 2.24) is 0 Å². The molecular formula is C21H38OSn. The predicted molar refractivity (Wildman–Crippen MR) is 106 cm³/mol. The predicted octanol–water partition coefficient (Wildman–Crippen LogP) is 7.09. The van der Waals surface area contributed by atoms with Crippen molar-refractivity contribution >= 4 is 18.4 Å². The second-order valence-corrected chi connectivity index (χ2v) is 21.4. The van der Waals surface area contributed by atoms with Crippen molar-refractivity contribution in [2.45, 2.75) is 83.5 Å². The van der Waals surface area contributed by atoms with Gasteiger partial charge in [-0.15, -0.1) is 0 Å². The van der Waals surface area contributed by atoms with Crippen LogP contribution in [-0.4, -0.2) is 25.5 Å². The average molecular weight is 425 g/mol. The molecule has 0 spiro atoms. The summed E-state index contributed by atoms with van der Waals surface area (Å²) in [6.07, 6.45) is 9.86. The molecule has 0 saturated carbocycles. The monoisotopic (exact) mass is 426 g/mol. The number of rotatable bonds is 13. The van der Waals surface area contributed by atoms with Gasteiger partial charge in [-0.1, -0.05) is 0 Å². The van der Waals surface area contributed by atoms with Crippen molar-refractivity contribution in [2.24, 2.45) is 0 Å². The number of ether oxygens (including phenoxy) is 1. The van der Waals surface area contributed by atoms with Crippen LogP contribution in [0.1, 0.15) is 64.9 Å². The molecule has 1 nitrogen and oxygen atoms in total. The van der Waals surface area contributed by atoms with Gasteiger partial charge in [0.2, 0.25) is 0 Å². The summed E-state index contributed by atoms with van der Waals surface area (Å²) in [6, 6.07) is 8.79. The van der Waals surface area contributed by atoms with Gasteiger partial charge in [-0.3, -0.25) is 0 Å². The van der Waals surface area contributed by atoms with Crippen LogP contribution in [0.3, 0.4) is 0 Å². The Hall–Kier alpha value is -0.181. The fourth-order valence-electron chi connectivity index (χ4n) is 3.61. The van der Waals surface area contributed by atoms with E-state index in [2.05, 4.69) is 45.0 Å². The summed E-state index contributed by atoms with van der Waals surface area (Å²) in [4.78, 5) is 0. The molecule has 0 fully saturated rings.